The highest BCUT2D eigenvalue weighted by Gasteiger charge is 2.35. The lowest BCUT2D eigenvalue weighted by Crippen LogP contribution is -2.53. The van der Waals surface area contributed by atoms with Gasteiger partial charge >= 0.3 is 5.97 Å². The number of nitrogens with zero attached hydrogens (tertiary/aromatic N) is 1. The summed E-state index contributed by atoms with van der Waals surface area (Å²) in [5, 5.41) is 8.76. The second-order valence-electron chi connectivity index (χ2n) is 4.89. The highest BCUT2D eigenvalue weighted by Crippen LogP contribution is 2.25. The summed E-state index contributed by atoms with van der Waals surface area (Å²) in [7, 11) is 0. The number of hydrogen-bond acceptors (Lipinski definition) is 3. The fourth-order valence-electron chi connectivity index (χ4n) is 1.93. The molecular formula is C14H17NO3S. The maximum atomic E-state index is 11.9. The summed E-state index contributed by atoms with van der Waals surface area (Å²) in [6, 6.07) is 6.17. The molecule has 1 aromatic rings. The smallest absolute Gasteiger partial charge is 0.310 e. The number of amides is 1. The van der Waals surface area contributed by atoms with Crippen molar-refractivity contribution in [3.8, 4) is 0 Å². The van der Waals surface area contributed by atoms with Gasteiger partial charge in [0.05, 0.1) is 11.7 Å². The predicted molar refractivity (Wildman–Crippen MR) is 74.3 cm³/mol. The van der Waals surface area contributed by atoms with Crippen molar-refractivity contribution >= 4 is 23.6 Å². The zero-order valence-corrected chi connectivity index (χ0v) is 11.9. The van der Waals surface area contributed by atoms with Crippen molar-refractivity contribution in [2.45, 2.75) is 18.7 Å². The van der Waals surface area contributed by atoms with Crippen LogP contribution in [0.3, 0.4) is 0 Å². The number of carboxylic acid groups (broad SMARTS) is 1. The van der Waals surface area contributed by atoms with Crippen molar-refractivity contribution in [3.05, 3.63) is 29.3 Å². The number of thioether (sulfide) groups is 1. The third-order valence-electron chi connectivity index (χ3n) is 3.28. The van der Waals surface area contributed by atoms with E-state index in [1.807, 2.05) is 26.0 Å². The van der Waals surface area contributed by atoms with Gasteiger partial charge in [0.25, 0.3) is 0 Å². The van der Waals surface area contributed by atoms with Crippen LogP contribution in [0.1, 0.15) is 11.1 Å². The van der Waals surface area contributed by atoms with E-state index in [0.717, 1.165) is 10.5 Å². The van der Waals surface area contributed by atoms with E-state index in [1.54, 1.807) is 4.90 Å². The monoisotopic (exact) mass is 279 g/mol. The molecule has 0 saturated carbocycles. The lowest BCUT2D eigenvalue weighted by Gasteiger charge is -2.36. The van der Waals surface area contributed by atoms with Gasteiger partial charge in [0, 0.05) is 18.0 Å². The number of aliphatic carboxylic acids is 1. The van der Waals surface area contributed by atoms with Gasteiger partial charge in [-0.2, -0.15) is 0 Å². The predicted octanol–water partition coefficient (Wildman–Crippen LogP) is 1.94. The molecule has 0 unspecified atom stereocenters. The molecule has 4 nitrogen and oxygen atoms in total. The molecule has 0 aromatic heterocycles. The van der Waals surface area contributed by atoms with Crippen molar-refractivity contribution < 1.29 is 14.7 Å². The first kappa shape index (κ1) is 13.9. The average molecular weight is 279 g/mol. The highest BCUT2D eigenvalue weighted by atomic mass is 32.2. The van der Waals surface area contributed by atoms with Gasteiger partial charge in [-0.3, -0.25) is 9.59 Å². The summed E-state index contributed by atoms with van der Waals surface area (Å²) in [4.78, 5) is 25.3. The first-order valence-electron chi connectivity index (χ1n) is 6.18. The maximum absolute atomic E-state index is 11.9. The molecule has 1 amide bonds. The molecule has 0 radical (unpaired) electrons. The van der Waals surface area contributed by atoms with Gasteiger partial charge in [0.15, 0.2) is 0 Å². The first-order valence-corrected chi connectivity index (χ1v) is 7.16. The molecule has 0 aliphatic carbocycles. The van der Waals surface area contributed by atoms with Crippen LogP contribution in [0.2, 0.25) is 0 Å². The molecule has 0 atom stereocenters. The number of benzene rings is 1. The maximum Gasteiger partial charge on any atom is 0.310 e. The van der Waals surface area contributed by atoms with Gasteiger partial charge in [0.2, 0.25) is 5.91 Å². The molecule has 0 spiro atoms. The number of hydrogen-bond donors (Lipinski definition) is 1. The molecule has 1 aromatic carbocycles. The Morgan fingerprint density at radius 2 is 2.05 bits per heavy atom. The van der Waals surface area contributed by atoms with Crippen LogP contribution in [-0.4, -0.2) is 40.7 Å². The Balaban J connectivity index is 1.84. The van der Waals surface area contributed by atoms with E-state index >= 15 is 0 Å². The molecule has 1 aliphatic heterocycles. The van der Waals surface area contributed by atoms with Crippen molar-refractivity contribution in [1.82, 2.24) is 4.90 Å². The van der Waals surface area contributed by atoms with Crippen LogP contribution in [0.5, 0.6) is 0 Å². The largest absolute Gasteiger partial charge is 0.481 e. The molecule has 1 aliphatic rings. The first-order chi connectivity index (χ1) is 8.97. The second-order valence-corrected chi connectivity index (χ2v) is 5.91. The van der Waals surface area contributed by atoms with Gasteiger partial charge in [0.1, 0.15) is 0 Å². The molecular weight excluding hydrogens is 262 g/mol. The fourth-order valence-corrected chi connectivity index (χ4v) is 2.96. The highest BCUT2D eigenvalue weighted by molar-refractivity contribution is 8.00. The zero-order valence-electron chi connectivity index (χ0n) is 11.0. The molecule has 5 heteroatoms. The van der Waals surface area contributed by atoms with Crippen LogP contribution in [0, 0.1) is 19.8 Å². The lowest BCUT2D eigenvalue weighted by atomic mass is 10.0. The van der Waals surface area contributed by atoms with Crippen LogP contribution < -0.4 is 0 Å². The average Bonchev–Trinajstić information content (AvgIpc) is 2.28. The molecule has 19 heavy (non-hydrogen) atoms. The minimum Gasteiger partial charge on any atom is -0.481 e. The SMILES string of the molecule is Cc1ccc(C)c(SCC(=O)N2CC(C(=O)O)C2)c1. The standard InChI is InChI=1S/C14H17NO3S/c1-9-3-4-10(2)12(5-9)19-8-13(16)15-6-11(7-15)14(17)18/h3-5,11H,6-8H2,1-2H3,(H,17,18). The summed E-state index contributed by atoms with van der Waals surface area (Å²) in [6.45, 7) is 4.75. The van der Waals surface area contributed by atoms with Gasteiger partial charge < -0.3 is 10.0 Å². The van der Waals surface area contributed by atoms with Gasteiger partial charge in [-0.15, -0.1) is 11.8 Å². The summed E-state index contributed by atoms with van der Waals surface area (Å²) < 4.78 is 0. The minimum absolute atomic E-state index is 0.0170. The number of carbonyl (C=O) groups is 2. The Labute approximate surface area is 116 Å². The number of carboxylic acids is 1. The van der Waals surface area contributed by atoms with Crippen LogP contribution >= 0.6 is 11.8 Å². The molecule has 1 N–H and O–H groups in total. The molecule has 102 valence electrons. The molecule has 1 saturated heterocycles. The molecule has 1 fully saturated rings. The Hall–Kier alpha value is -1.49. The van der Waals surface area contributed by atoms with Gasteiger partial charge in [-0.1, -0.05) is 17.7 Å². The summed E-state index contributed by atoms with van der Waals surface area (Å²) in [5.41, 5.74) is 2.34. The van der Waals surface area contributed by atoms with Gasteiger partial charge in [-0.05, 0) is 25.5 Å². The number of rotatable bonds is 4. The quantitative estimate of drug-likeness (QED) is 0.856. The van der Waals surface area contributed by atoms with E-state index in [-0.39, 0.29) is 11.8 Å². The minimum atomic E-state index is -0.814. The van der Waals surface area contributed by atoms with Crippen molar-refractivity contribution in [3.63, 3.8) is 0 Å². The van der Waals surface area contributed by atoms with Crippen LogP contribution in [0.15, 0.2) is 23.1 Å². The number of carbonyl (C=O) groups excluding carboxylic acids is 1. The Morgan fingerprint density at radius 1 is 1.37 bits per heavy atom. The molecule has 2 rings (SSSR count). The normalized spacial score (nSPS) is 15.2. The van der Waals surface area contributed by atoms with Crippen molar-refractivity contribution in [2.75, 3.05) is 18.8 Å². The van der Waals surface area contributed by atoms with E-state index in [9.17, 15) is 9.59 Å². The lowest BCUT2D eigenvalue weighted by molar-refractivity contribution is -0.151. The third kappa shape index (κ3) is 3.29. The second kappa shape index (κ2) is 5.65. The Morgan fingerprint density at radius 3 is 2.68 bits per heavy atom. The van der Waals surface area contributed by atoms with Crippen LogP contribution in [0.4, 0.5) is 0 Å². The van der Waals surface area contributed by atoms with Crippen molar-refractivity contribution in [2.24, 2.45) is 5.92 Å². The summed E-state index contributed by atoms with van der Waals surface area (Å²) in [5.74, 6) is -0.805. The summed E-state index contributed by atoms with van der Waals surface area (Å²) in [6.07, 6.45) is 0. The fraction of sp³-hybridized carbons (Fsp3) is 0.429. The molecule has 0 bridgehead atoms. The topological polar surface area (TPSA) is 57.6 Å². The number of likely N-dealkylation sites (tertiary alicyclic amines) is 1. The zero-order chi connectivity index (χ0) is 14.0. The Kier molecular flexibility index (Phi) is 4.14. The van der Waals surface area contributed by atoms with E-state index in [0.29, 0.717) is 18.8 Å². The van der Waals surface area contributed by atoms with Crippen molar-refractivity contribution in [1.29, 1.82) is 0 Å². The third-order valence-corrected chi connectivity index (χ3v) is 4.42. The van der Waals surface area contributed by atoms with E-state index in [4.69, 9.17) is 5.11 Å². The van der Waals surface area contributed by atoms with Crippen LogP contribution in [-0.2, 0) is 9.59 Å². The van der Waals surface area contributed by atoms with E-state index in [1.165, 1.54) is 17.3 Å². The number of aryl methyl sites for hydroxylation is 2. The summed E-state index contributed by atoms with van der Waals surface area (Å²) >= 11 is 1.52. The van der Waals surface area contributed by atoms with Gasteiger partial charge in [-0.25, -0.2) is 0 Å². The van der Waals surface area contributed by atoms with E-state index in [2.05, 4.69) is 6.07 Å². The Bertz CT molecular complexity index is 509. The van der Waals surface area contributed by atoms with E-state index < -0.39 is 5.97 Å². The van der Waals surface area contributed by atoms with Crippen LogP contribution in [0.25, 0.3) is 0 Å². The molecule has 1 heterocycles.